The highest BCUT2D eigenvalue weighted by Gasteiger charge is 2.22. The summed E-state index contributed by atoms with van der Waals surface area (Å²) >= 11 is 1.49. The lowest BCUT2D eigenvalue weighted by atomic mass is 10.1. The first kappa shape index (κ1) is 24.7. The number of rotatable bonds is 6. The fraction of sp³-hybridized carbons (Fsp3) is 0.545. The number of aromatic nitrogens is 2. The Morgan fingerprint density at radius 2 is 1.84 bits per heavy atom. The third kappa shape index (κ3) is 6.09. The minimum Gasteiger partial charge on any atom is -0.352 e. The van der Waals surface area contributed by atoms with Gasteiger partial charge in [0.25, 0.3) is 0 Å². The van der Waals surface area contributed by atoms with E-state index in [9.17, 15) is 4.79 Å². The van der Waals surface area contributed by atoms with Crippen LogP contribution in [0.5, 0.6) is 0 Å². The van der Waals surface area contributed by atoms with Crippen molar-refractivity contribution in [3.63, 3.8) is 0 Å². The fourth-order valence-corrected chi connectivity index (χ4v) is 4.80. The highest BCUT2D eigenvalue weighted by atomic mass is 127. The third-order valence-electron chi connectivity index (χ3n) is 5.85. The Kier molecular flexibility index (Phi) is 9.09. The molecule has 8 nitrogen and oxygen atoms in total. The van der Waals surface area contributed by atoms with Crippen LogP contribution in [0.2, 0.25) is 0 Å². The van der Waals surface area contributed by atoms with Crippen LogP contribution in [0.3, 0.4) is 0 Å². The summed E-state index contributed by atoms with van der Waals surface area (Å²) in [5.41, 5.74) is 2.39. The number of benzene rings is 1. The van der Waals surface area contributed by atoms with E-state index in [0.717, 1.165) is 69.0 Å². The molecule has 2 aliphatic rings. The maximum atomic E-state index is 11.8. The molecule has 2 aliphatic heterocycles. The number of hydrogen-bond donors (Lipinski definition) is 1. The van der Waals surface area contributed by atoms with Crippen molar-refractivity contribution in [1.82, 2.24) is 24.5 Å². The van der Waals surface area contributed by atoms with Gasteiger partial charge in [-0.05, 0) is 17.5 Å². The van der Waals surface area contributed by atoms with Crippen LogP contribution in [-0.2, 0) is 24.3 Å². The molecule has 174 valence electrons. The zero-order valence-corrected chi connectivity index (χ0v) is 21.9. The molecular weight excluding hydrogens is 537 g/mol. The Bertz CT molecular complexity index is 909. The summed E-state index contributed by atoms with van der Waals surface area (Å²) < 4.78 is 4.40. The second kappa shape index (κ2) is 11.8. The van der Waals surface area contributed by atoms with Crippen LogP contribution in [0.25, 0.3) is 0 Å². The van der Waals surface area contributed by atoms with Crippen LogP contribution >= 0.6 is 35.5 Å². The largest absolute Gasteiger partial charge is 0.352 e. The van der Waals surface area contributed by atoms with Gasteiger partial charge in [-0.15, -0.1) is 24.0 Å². The van der Waals surface area contributed by atoms with Gasteiger partial charge in [0.1, 0.15) is 5.82 Å². The molecule has 0 spiro atoms. The number of anilines is 1. The molecule has 0 atom stereocenters. The highest BCUT2D eigenvalue weighted by molar-refractivity contribution is 14.0. The van der Waals surface area contributed by atoms with Crippen LogP contribution in [-0.4, -0.2) is 70.8 Å². The van der Waals surface area contributed by atoms with Gasteiger partial charge in [0, 0.05) is 77.2 Å². The molecule has 1 amide bonds. The van der Waals surface area contributed by atoms with Crippen molar-refractivity contribution in [2.45, 2.75) is 39.3 Å². The minimum absolute atomic E-state index is 0. The van der Waals surface area contributed by atoms with Crippen LogP contribution in [0.4, 0.5) is 5.13 Å². The van der Waals surface area contributed by atoms with Gasteiger partial charge < -0.3 is 20.0 Å². The predicted octanol–water partition coefficient (Wildman–Crippen LogP) is 2.74. The van der Waals surface area contributed by atoms with Gasteiger partial charge in [-0.2, -0.15) is 4.37 Å². The van der Waals surface area contributed by atoms with Gasteiger partial charge >= 0.3 is 0 Å². The van der Waals surface area contributed by atoms with E-state index in [-0.39, 0.29) is 29.9 Å². The van der Waals surface area contributed by atoms with Crippen LogP contribution < -0.4 is 10.2 Å². The van der Waals surface area contributed by atoms with E-state index < -0.39 is 0 Å². The number of aliphatic imine (C=N–C) groups is 1. The highest BCUT2D eigenvalue weighted by Crippen LogP contribution is 2.19. The van der Waals surface area contributed by atoms with Crippen LogP contribution in [0.1, 0.15) is 36.7 Å². The first-order chi connectivity index (χ1) is 15.2. The summed E-state index contributed by atoms with van der Waals surface area (Å²) in [6.07, 6.45) is 2.55. The zero-order valence-electron chi connectivity index (χ0n) is 18.8. The second-order valence-corrected chi connectivity index (χ2v) is 8.69. The molecule has 2 fully saturated rings. The number of carbonyl (C=O) groups is 1. The number of hydrogen-bond acceptors (Lipinski definition) is 6. The van der Waals surface area contributed by atoms with E-state index in [1.54, 1.807) is 0 Å². The lowest BCUT2D eigenvalue weighted by molar-refractivity contribution is -0.128. The van der Waals surface area contributed by atoms with Crippen LogP contribution in [0.15, 0.2) is 29.3 Å². The molecule has 1 N–H and O–H groups in total. The molecule has 10 heteroatoms. The molecule has 1 aromatic heterocycles. The van der Waals surface area contributed by atoms with Gasteiger partial charge in [0.05, 0.1) is 0 Å². The monoisotopic (exact) mass is 569 g/mol. The molecule has 0 bridgehead atoms. The van der Waals surface area contributed by atoms with Crippen molar-refractivity contribution in [2.75, 3.05) is 44.7 Å². The first-order valence-corrected chi connectivity index (χ1v) is 11.8. The number of nitrogens with zero attached hydrogens (tertiary/aromatic N) is 6. The summed E-state index contributed by atoms with van der Waals surface area (Å²) in [6, 6.07) is 8.51. The quantitative estimate of drug-likeness (QED) is 0.328. The van der Waals surface area contributed by atoms with Gasteiger partial charge in [-0.25, -0.2) is 4.98 Å². The zero-order chi connectivity index (χ0) is 21.6. The van der Waals surface area contributed by atoms with Gasteiger partial charge in [0.15, 0.2) is 5.96 Å². The fourth-order valence-electron chi connectivity index (χ4n) is 3.99. The van der Waals surface area contributed by atoms with E-state index >= 15 is 0 Å². The average molecular weight is 570 g/mol. The summed E-state index contributed by atoms with van der Waals surface area (Å²) in [5, 5.41) is 4.51. The molecule has 2 saturated heterocycles. The molecule has 2 aromatic rings. The van der Waals surface area contributed by atoms with E-state index in [4.69, 9.17) is 0 Å². The molecule has 0 aliphatic carbocycles. The Morgan fingerprint density at radius 1 is 1.12 bits per heavy atom. The number of aryl methyl sites for hydroxylation is 1. The van der Waals surface area contributed by atoms with Crippen molar-refractivity contribution in [2.24, 2.45) is 4.99 Å². The molecule has 1 aromatic carbocycles. The van der Waals surface area contributed by atoms with Crippen molar-refractivity contribution < 1.29 is 4.79 Å². The summed E-state index contributed by atoms with van der Waals surface area (Å²) in [5.74, 6) is 2.13. The minimum atomic E-state index is 0. The average Bonchev–Trinajstić information content (AvgIpc) is 3.45. The molecule has 32 heavy (non-hydrogen) atoms. The first-order valence-electron chi connectivity index (χ1n) is 11.0. The van der Waals surface area contributed by atoms with Crippen molar-refractivity contribution >= 4 is 52.5 Å². The molecule has 0 radical (unpaired) electrons. The van der Waals surface area contributed by atoms with E-state index in [1.807, 2.05) is 11.9 Å². The normalized spacial score (nSPS) is 17.0. The van der Waals surface area contributed by atoms with Gasteiger partial charge in [-0.1, -0.05) is 31.2 Å². The van der Waals surface area contributed by atoms with Gasteiger partial charge in [0.2, 0.25) is 11.0 Å². The van der Waals surface area contributed by atoms with E-state index in [0.29, 0.717) is 13.0 Å². The number of guanidine groups is 1. The number of amides is 1. The Balaban J connectivity index is 0.00000289. The second-order valence-electron chi connectivity index (χ2n) is 7.96. The smallest absolute Gasteiger partial charge is 0.222 e. The topological polar surface area (TPSA) is 77.0 Å². The van der Waals surface area contributed by atoms with E-state index in [1.165, 1.54) is 22.7 Å². The maximum Gasteiger partial charge on any atom is 0.222 e. The number of carbonyl (C=O) groups excluding carboxylic acids is 1. The Morgan fingerprint density at radius 3 is 2.44 bits per heavy atom. The number of likely N-dealkylation sites (tertiary alicyclic amines) is 1. The summed E-state index contributed by atoms with van der Waals surface area (Å²) in [7, 11) is 1.84. The SMILES string of the molecule is CCc1nsc(N2CCN(C(=NC)NCc3ccc(CN4CCCC4=O)cc3)CC2)n1.I. The molecule has 3 heterocycles. The predicted molar refractivity (Wildman–Crippen MR) is 140 cm³/mol. The lowest BCUT2D eigenvalue weighted by Gasteiger charge is -2.36. The Hall–Kier alpha value is -1.95. The van der Waals surface area contributed by atoms with Crippen molar-refractivity contribution in [3.05, 3.63) is 41.2 Å². The van der Waals surface area contributed by atoms with Crippen molar-refractivity contribution in [1.29, 1.82) is 0 Å². The number of nitrogens with one attached hydrogen (secondary N) is 1. The maximum absolute atomic E-state index is 11.8. The molecule has 0 saturated carbocycles. The summed E-state index contributed by atoms with van der Waals surface area (Å²) in [6.45, 7) is 8.06. The molecular formula is C22H32IN7OS. The Labute approximate surface area is 211 Å². The molecule has 0 unspecified atom stereocenters. The van der Waals surface area contributed by atoms with Crippen LogP contribution in [0, 0.1) is 0 Å². The number of halogens is 1. The van der Waals surface area contributed by atoms with Gasteiger partial charge in [-0.3, -0.25) is 9.79 Å². The van der Waals surface area contributed by atoms with E-state index in [2.05, 4.69) is 60.7 Å². The molecule has 4 rings (SSSR count). The standard InChI is InChI=1S/C22H31N7OS.HI/c1-3-19-25-22(31-26-19)28-13-11-27(12-14-28)21(23-2)24-15-17-6-8-18(9-7-17)16-29-10-4-5-20(29)30;/h6-9H,3-5,10-16H2,1-2H3,(H,23,24);1H. The third-order valence-corrected chi connectivity index (χ3v) is 6.67. The number of piperazine rings is 1. The lowest BCUT2D eigenvalue weighted by Crippen LogP contribution is -2.52. The van der Waals surface area contributed by atoms with Crippen molar-refractivity contribution in [3.8, 4) is 0 Å². The summed E-state index contributed by atoms with van der Waals surface area (Å²) in [4.78, 5) is 27.5.